The van der Waals surface area contributed by atoms with E-state index >= 15 is 0 Å². The lowest BCUT2D eigenvalue weighted by Gasteiger charge is -2.18. The summed E-state index contributed by atoms with van der Waals surface area (Å²) in [4.78, 5) is 38.1. The van der Waals surface area contributed by atoms with E-state index in [2.05, 4.69) is 124 Å². The molecule has 0 amide bonds. The van der Waals surface area contributed by atoms with Gasteiger partial charge in [-0.2, -0.15) is 0 Å². The average Bonchev–Trinajstić information content (AvgIpc) is 3.34. The highest BCUT2D eigenvalue weighted by molar-refractivity contribution is 5.71. The lowest BCUT2D eigenvalue weighted by atomic mass is 10.1. The number of allylic oxidation sites excluding steroid dienone is 18. The molecule has 0 heterocycles. The standard InChI is InChI=1S/C62H102O6/c1-4-7-10-13-16-19-22-25-28-30-31-32-35-37-40-43-46-49-52-55-61(64)67-58-59(57-66-60(63)54-51-48-45-42-39-36-33-27-24-21-18-15-12-9-6-3)68-62(65)56-53-50-47-44-41-38-34-29-26-23-20-17-14-11-8-5-2/h7,10,16,19,21,24-25,28-29,31-32,34,37-38,40-41,46,49,59H,4-6,8-9,11-15,17-18,20,22-23,26-27,30,33,35-36,39,42-45,47-48,50-58H2,1-3H3/b10-7-,19-16-,24-21-,28-25-,32-31-,34-29-,40-37-,41-38-,49-46-. The second kappa shape index (κ2) is 55.7. The predicted molar refractivity (Wildman–Crippen MR) is 293 cm³/mol. The zero-order valence-corrected chi connectivity index (χ0v) is 44.1. The highest BCUT2D eigenvalue weighted by Crippen LogP contribution is 2.13. The van der Waals surface area contributed by atoms with Crippen molar-refractivity contribution < 1.29 is 28.6 Å². The van der Waals surface area contributed by atoms with Crippen LogP contribution in [0.2, 0.25) is 0 Å². The Morgan fingerprint density at radius 2 is 0.647 bits per heavy atom. The minimum Gasteiger partial charge on any atom is -0.462 e. The van der Waals surface area contributed by atoms with Crippen LogP contribution in [-0.2, 0) is 28.6 Å². The molecule has 0 aromatic heterocycles. The molecule has 0 N–H and O–H groups in total. The molecule has 0 fully saturated rings. The maximum Gasteiger partial charge on any atom is 0.306 e. The summed E-state index contributed by atoms with van der Waals surface area (Å²) in [7, 11) is 0. The fraction of sp³-hybridized carbons (Fsp3) is 0.661. The van der Waals surface area contributed by atoms with Crippen molar-refractivity contribution in [1.29, 1.82) is 0 Å². The van der Waals surface area contributed by atoms with Gasteiger partial charge in [0.05, 0.1) is 0 Å². The van der Waals surface area contributed by atoms with Gasteiger partial charge >= 0.3 is 17.9 Å². The summed E-state index contributed by atoms with van der Waals surface area (Å²) in [6, 6.07) is 0. The van der Waals surface area contributed by atoms with Crippen LogP contribution in [0.1, 0.15) is 245 Å². The van der Waals surface area contributed by atoms with Crippen LogP contribution in [0.3, 0.4) is 0 Å². The molecular formula is C62H102O6. The third-order valence-electron chi connectivity index (χ3n) is 11.5. The van der Waals surface area contributed by atoms with E-state index in [1.807, 2.05) is 6.08 Å². The molecule has 6 nitrogen and oxygen atoms in total. The summed E-state index contributed by atoms with van der Waals surface area (Å²) >= 11 is 0. The Morgan fingerprint density at radius 1 is 0.324 bits per heavy atom. The van der Waals surface area contributed by atoms with Gasteiger partial charge in [-0.3, -0.25) is 14.4 Å². The van der Waals surface area contributed by atoms with Crippen molar-refractivity contribution in [2.45, 2.75) is 252 Å². The lowest BCUT2D eigenvalue weighted by molar-refractivity contribution is -0.166. The maximum absolute atomic E-state index is 12.8. The topological polar surface area (TPSA) is 78.9 Å². The molecule has 0 aromatic rings. The van der Waals surface area contributed by atoms with Crippen LogP contribution in [0.5, 0.6) is 0 Å². The number of carbonyl (C=O) groups is 3. The van der Waals surface area contributed by atoms with E-state index in [9.17, 15) is 14.4 Å². The maximum atomic E-state index is 12.8. The minimum atomic E-state index is -0.826. The Balaban J connectivity index is 4.56. The SMILES string of the molecule is CC/C=C\C/C=C\C/C=C\C/C=C\C/C=C\C/C=C\CCC(=O)OCC(COC(=O)CCCCCCCCC/C=C\CCCCCC)OC(=O)CCCCC/C=C\C=C/CCCCCCCCC. The van der Waals surface area contributed by atoms with E-state index < -0.39 is 6.10 Å². The van der Waals surface area contributed by atoms with Crippen LogP contribution in [0, 0.1) is 0 Å². The van der Waals surface area contributed by atoms with Gasteiger partial charge in [-0.1, -0.05) is 226 Å². The van der Waals surface area contributed by atoms with Crippen LogP contribution in [0.15, 0.2) is 109 Å². The van der Waals surface area contributed by atoms with Crippen molar-refractivity contribution >= 4 is 17.9 Å². The summed E-state index contributed by atoms with van der Waals surface area (Å²) in [5.41, 5.74) is 0. The van der Waals surface area contributed by atoms with Gasteiger partial charge in [0, 0.05) is 19.3 Å². The number of carbonyl (C=O) groups excluding carboxylic acids is 3. The van der Waals surface area contributed by atoms with E-state index in [0.717, 1.165) is 89.9 Å². The first kappa shape index (κ1) is 64.1. The third kappa shape index (κ3) is 53.0. The van der Waals surface area contributed by atoms with Gasteiger partial charge in [-0.05, 0) is 109 Å². The molecule has 0 bridgehead atoms. The molecule has 1 unspecified atom stereocenters. The molecule has 386 valence electrons. The van der Waals surface area contributed by atoms with Crippen molar-refractivity contribution in [3.8, 4) is 0 Å². The Hall–Kier alpha value is -3.93. The minimum absolute atomic E-state index is 0.116. The second-order valence-corrected chi connectivity index (χ2v) is 18.1. The molecule has 0 rings (SSSR count). The first-order valence-corrected chi connectivity index (χ1v) is 27.9. The van der Waals surface area contributed by atoms with Gasteiger partial charge in [0.1, 0.15) is 13.2 Å². The van der Waals surface area contributed by atoms with E-state index in [0.29, 0.717) is 12.8 Å². The molecule has 0 saturated heterocycles. The molecule has 0 aliphatic heterocycles. The van der Waals surface area contributed by atoms with Gasteiger partial charge < -0.3 is 14.2 Å². The summed E-state index contributed by atoms with van der Waals surface area (Å²) in [6.07, 6.45) is 75.1. The van der Waals surface area contributed by atoms with Crippen molar-refractivity contribution in [2.75, 3.05) is 13.2 Å². The number of ether oxygens (including phenoxy) is 3. The smallest absolute Gasteiger partial charge is 0.306 e. The summed E-state index contributed by atoms with van der Waals surface area (Å²) in [5.74, 6) is -1.04. The fourth-order valence-corrected chi connectivity index (χ4v) is 7.34. The van der Waals surface area contributed by atoms with Crippen LogP contribution in [-0.4, -0.2) is 37.2 Å². The largest absolute Gasteiger partial charge is 0.462 e. The molecule has 0 radical (unpaired) electrons. The average molecular weight is 943 g/mol. The molecule has 6 heteroatoms. The Morgan fingerprint density at radius 3 is 1.10 bits per heavy atom. The fourth-order valence-electron chi connectivity index (χ4n) is 7.34. The van der Waals surface area contributed by atoms with E-state index in [-0.39, 0.29) is 44.0 Å². The first-order chi connectivity index (χ1) is 33.5. The van der Waals surface area contributed by atoms with E-state index in [1.54, 1.807) is 0 Å². The van der Waals surface area contributed by atoms with Crippen molar-refractivity contribution in [1.82, 2.24) is 0 Å². The normalized spacial score (nSPS) is 12.9. The number of unbranched alkanes of at least 4 members (excludes halogenated alkanes) is 21. The van der Waals surface area contributed by atoms with Crippen molar-refractivity contribution in [2.24, 2.45) is 0 Å². The summed E-state index contributed by atoms with van der Waals surface area (Å²) in [6.45, 7) is 6.41. The van der Waals surface area contributed by atoms with Crippen LogP contribution < -0.4 is 0 Å². The van der Waals surface area contributed by atoms with Crippen LogP contribution in [0.4, 0.5) is 0 Å². The Bertz CT molecular complexity index is 1410. The highest BCUT2D eigenvalue weighted by Gasteiger charge is 2.19. The van der Waals surface area contributed by atoms with Crippen molar-refractivity contribution in [3.63, 3.8) is 0 Å². The Labute approximate surface area is 419 Å². The van der Waals surface area contributed by atoms with Gasteiger partial charge in [0.15, 0.2) is 6.10 Å². The molecule has 0 aromatic carbocycles. The molecule has 0 saturated carbocycles. The number of esters is 3. The Kier molecular flexibility index (Phi) is 52.4. The summed E-state index contributed by atoms with van der Waals surface area (Å²) in [5, 5.41) is 0. The molecular weight excluding hydrogens is 841 g/mol. The van der Waals surface area contributed by atoms with Crippen LogP contribution >= 0.6 is 0 Å². The van der Waals surface area contributed by atoms with Crippen LogP contribution in [0.25, 0.3) is 0 Å². The zero-order chi connectivity index (χ0) is 49.3. The number of rotatable bonds is 49. The van der Waals surface area contributed by atoms with Gasteiger partial charge in [-0.25, -0.2) is 0 Å². The molecule has 1 atom stereocenters. The van der Waals surface area contributed by atoms with Gasteiger partial charge in [0.25, 0.3) is 0 Å². The highest BCUT2D eigenvalue weighted by atomic mass is 16.6. The van der Waals surface area contributed by atoms with Crippen molar-refractivity contribution in [3.05, 3.63) is 109 Å². The molecule has 0 spiro atoms. The third-order valence-corrected chi connectivity index (χ3v) is 11.5. The number of hydrogen-bond acceptors (Lipinski definition) is 6. The molecule has 68 heavy (non-hydrogen) atoms. The monoisotopic (exact) mass is 943 g/mol. The van der Waals surface area contributed by atoms with Gasteiger partial charge in [-0.15, -0.1) is 0 Å². The van der Waals surface area contributed by atoms with E-state index in [4.69, 9.17) is 14.2 Å². The summed E-state index contributed by atoms with van der Waals surface area (Å²) < 4.78 is 16.7. The lowest BCUT2D eigenvalue weighted by Crippen LogP contribution is -2.30. The second-order valence-electron chi connectivity index (χ2n) is 18.1. The number of hydrogen-bond donors (Lipinski definition) is 0. The first-order valence-electron chi connectivity index (χ1n) is 27.9. The zero-order valence-electron chi connectivity index (χ0n) is 44.1. The predicted octanol–water partition coefficient (Wildman–Crippen LogP) is 18.7. The molecule has 0 aliphatic rings. The van der Waals surface area contributed by atoms with E-state index in [1.165, 1.54) is 109 Å². The van der Waals surface area contributed by atoms with Gasteiger partial charge in [0.2, 0.25) is 0 Å². The molecule has 0 aliphatic carbocycles. The quantitative estimate of drug-likeness (QED) is 0.0199.